The van der Waals surface area contributed by atoms with E-state index >= 15 is 4.39 Å². The third kappa shape index (κ3) is 5.55. The molecular weight excluding hydrogens is 435 g/mol. The van der Waals surface area contributed by atoms with Crippen LogP contribution in [0.2, 0.25) is 0 Å². The Labute approximate surface area is 199 Å². The highest BCUT2D eigenvalue weighted by atomic mass is 32.1. The molecule has 6 heteroatoms. The number of likely N-dealkylation sites (tertiary alicyclic amines) is 1. The minimum Gasteiger partial charge on any atom is -0.497 e. The van der Waals surface area contributed by atoms with Crippen molar-refractivity contribution in [2.75, 3.05) is 33.4 Å². The molecule has 0 radical (unpaired) electrons. The van der Waals surface area contributed by atoms with Crippen LogP contribution in [0.4, 0.5) is 4.39 Å². The van der Waals surface area contributed by atoms with Crippen LogP contribution in [0.3, 0.4) is 0 Å². The van der Waals surface area contributed by atoms with Crippen molar-refractivity contribution in [3.05, 3.63) is 57.9 Å². The Balaban J connectivity index is 1.39. The van der Waals surface area contributed by atoms with E-state index in [1.165, 1.54) is 0 Å². The van der Waals surface area contributed by atoms with Gasteiger partial charge in [-0.25, -0.2) is 4.39 Å². The van der Waals surface area contributed by atoms with Gasteiger partial charge < -0.3 is 9.84 Å². The number of pyridine rings is 1. The smallest absolute Gasteiger partial charge is 0.126 e. The number of nitrogens with zero attached hydrogens (tertiary/aromatic N) is 2. The molecule has 1 aromatic carbocycles. The van der Waals surface area contributed by atoms with Gasteiger partial charge in [0.25, 0.3) is 0 Å². The number of aromatic nitrogens is 1. The topological polar surface area (TPSA) is 45.6 Å². The Hall–Kier alpha value is -2.46. The van der Waals surface area contributed by atoms with Gasteiger partial charge in [0.15, 0.2) is 0 Å². The standard InChI is InChI=1S/C27H31FN2O2S/c1-20-18-29-25-8-7-21(32-2)17-23(25)26(20)24(28)9-10-27(19-31)11-14-30(15-12-27)13-3-5-22-6-4-16-33-22/h4,6-8,16-18,24,31H,9-15,19H2,1-2H3. The summed E-state index contributed by atoms with van der Waals surface area (Å²) in [4.78, 5) is 7.86. The molecule has 0 saturated carbocycles. The molecule has 33 heavy (non-hydrogen) atoms. The van der Waals surface area contributed by atoms with Gasteiger partial charge >= 0.3 is 0 Å². The first kappa shape index (κ1) is 23.7. The molecule has 0 bridgehead atoms. The Kier molecular flexibility index (Phi) is 7.64. The van der Waals surface area contributed by atoms with Gasteiger partial charge in [-0.1, -0.05) is 17.9 Å². The molecule has 174 valence electrons. The first-order valence-electron chi connectivity index (χ1n) is 11.5. The number of methoxy groups -OCH3 is 1. The quantitative estimate of drug-likeness (QED) is 0.465. The van der Waals surface area contributed by atoms with E-state index in [4.69, 9.17) is 4.74 Å². The van der Waals surface area contributed by atoms with Gasteiger partial charge in [-0.15, -0.1) is 11.3 Å². The van der Waals surface area contributed by atoms with Crippen molar-refractivity contribution >= 4 is 22.2 Å². The van der Waals surface area contributed by atoms with Crippen molar-refractivity contribution < 1.29 is 14.2 Å². The van der Waals surface area contributed by atoms with E-state index < -0.39 is 6.17 Å². The second-order valence-electron chi connectivity index (χ2n) is 8.96. The van der Waals surface area contributed by atoms with Crippen molar-refractivity contribution in [2.45, 2.75) is 38.8 Å². The second kappa shape index (κ2) is 10.6. The average Bonchev–Trinajstić information content (AvgIpc) is 3.36. The van der Waals surface area contributed by atoms with Gasteiger partial charge in [0.1, 0.15) is 11.9 Å². The summed E-state index contributed by atoms with van der Waals surface area (Å²) in [6.07, 6.45) is 3.40. The van der Waals surface area contributed by atoms with E-state index in [2.05, 4.69) is 21.7 Å². The van der Waals surface area contributed by atoms with E-state index in [0.29, 0.717) is 24.2 Å². The van der Waals surface area contributed by atoms with E-state index in [1.54, 1.807) is 24.6 Å². The fourth-order valence-electron chi connectivity index (χ4n) is 4.67. The molecule has 1 aliphatic rings. The number of piperidine rings is 1. The highest BCUT2D eigenvalue weighted by molar-refractivity contribution is 7.10. The number of alkyl halides is 1. The summed E-state index contributed by atoms with van der Waals surface area (Å²) in [5.74, 6) is 7.16. The third-order valence-corrected chi connectivity index (χ3v) is 7.63. The molecule has 1 fully saturated rings. The molecule has 0 amide bonds. The van der Waals surface area contributed by atoms with Crippen LogP contribution in [-0.2, 0) is 0 Å². The van der Waals surface area contributed by atoms with Gasteiger partial charge in [-0.3, -0.25) is 9.88 Å². The molecule has 0 spiro atoms. The summed E-state index contributed by atoms with van der Waals surface area (Å²) in [6.45, 7) is 4.49. The van der Waals surface area contributed by atoms with Crippen molar-refractivity contribution in [3.63, 3.8) is 0 Å². The number of halogens is 1. The number of hydrogen-bond donors (Lipinski definition) is 1. The van der Waals surface area contributed by atoms with Gasteiger partial charge in [0.05, 0.1) is 24.0 Å². The summed E-state index contributed by atoms with van der Waals surface area (Å²) in [6, 6.07) is 9.63. The Morgan fingerprint density at radius 1 is 1.30 bits per heavy atom. The predicted molar refractivity (Wildman–Crippen MR) is 133 cm³/mol. The molecule has 1 saturated heterocycles. The lowest BCUT2D eigenvalue weighted by atomic mass is 9.74. The number of benzene rings is 1. The molecule has 1 N–H and O–H groups in total. The Bertz CT molecular complexity index is 1130. The minimum absolute atomic E-state index is 0.0956. The maximum absolute atomic E-state index is 15.6. The highest BCUT2D eigenvalue weighted by Crippen LogP contribution is 2.40. The zero-order valence-corrected chi connectivity index (χ0v) is 20.1. The molecule has 1 aliphatic heterocycles. The minimum atomic E-state index is -1.11. The predicted octanol–water partition coefficient (Wildman–Crippen LogP) is 5.53. The number of aliphatic hydroxyl groups is 1. The number of hydrogen-bond acceptors (Lipinski definition) is 5. The van der Waals surface area contributed by atoms with Crippen molar-refractivity contribution in [1.29, 1.82) is 0 Å². The first-order chi connectivity index (χ1) is 16.0. The van der Waals surface area contributed by atoms with Gasteiger partial charge in [0, 0.05) is 18.2 Å². The lowest BCUT2D eigenvalue weighted by Gasteiger charge is -2.40. The van der Waals surface area contributed by atoms with Crippen molar-refractivity contribution in [2.24, 2.45) is 5.41 Å². The van der Waals surface area contributed by atoms with Crippen LogP contribution in [0.5, 0.6) is 5.75 Å². The molecule has 3 aromatic rings. The SMILES string of the molecule is COc1ccc2ncc(C)c(C(F)CCC3(CO)CCN(CC#Cc4cccs4)CC3)c2c1. The summed E-state index contributed by atoms with van der Waals surface area (Å²) >= 11 is 1.65. The van der Waals surface area contributed by atoms with Gasteiger partial charge in [0.2, 0.25) is 0 Å². The number of aryl methyl sites for hydroxylation is 1. The lowest BCUT2D eigenvalue weighted by molar-refractivity contribution is 0.0344. The average molecular weight is 467 g/mol. The molecule has 1 unspecified atom stereocenters. The fourth-order valence-corrected chi connectivity index (χ4v) is 5.26. The normalized spacial score (nSPS) is 16.8. The van der Waals surface area contributed by atoms with E-state index in [-0.39, 0.29) is 12.0 Å². The zero-order chi connectivity index (χ0) is 23.3. The number of rotatable bonds is 7. The van der Waals surface area contributed by atoms with Crippen LogP contribution in [0.25, 0.3) is 10.9 Å². The van der Waals surface area contributed by atoms with Gasteiger partial charge in [-0.2, -0.15) is 0 Å². The first-order valence-corrected chi connectivity index (χ1v) is 12.3. The summed E-state index contributed by atoms with van der Waals surface area (Å²) < 4.78 is 21.0. The third-order valence-electron chi connectivity index (χ3n) is 6.84. The van der Waals surface area contributed by atoms with Crippen LogP contribution < -0.4 is 4.74 Å². The maximum Gasteiger partial charge on any atom is 0.126 e. The van der Waals surface area contributed by atoms with Crippen LogP contribution in [0.1, 0.15) is 47.9 Å². The summed E-state index contributed by atoms with van der Waals surface area (Å²) in [5, 5.41) is 13.1. The Morgan fingerprint density at radius 2 is 2.12 bits per heavy atom. The number of fused-ring (bicyclic) bond motifs is 1. The fraction of sp³-hybridized carbons (Fsp3) is 0.444. The van der Waals surface area contributed by atoms with Crippen LogP contribution >= 0.6 is 11.3 Å². The van der Waals surface area contributed by atoms with Crippen molar-refractivity contribution in [3.8, 4) is 17.6 Å². The van der Waals surface area contributed by atoms with Crippen molar-refractivity contribution in [1.82, 2.24) is 9.88 Å². The van der Waals surface area contributed by atoms with E-state index in [0.717, 1.165) is 53.8 Å². The molecule has 0 aliphatic carbocycles. The zero-order valence-electron chi connectivity index (χ0n) is 19.3. The van der Waals surface area contributed by atoms with Crippen LogP contribution in [0, 0.1) is 24.2 Å². The maximum atomic E-state index is 15.6. The number of thiophene rings is 1. The van der Waals surface area contributed by atoms with E-state index in [1.807, 2.05) is 42.6 Å². The molecular formula is C27H31FN2O2S. The number of aliphatic hydroxyl groups excluding tert-OH is 1. The van der Waals surface area contributed by atoms with Crippen LogP contribution in [-0.4, -0.2) is 48.3 Å². The lowest BCUT2D eigenvalue weighted by Crippen LogP contribution is -2.42. The molecule has 3 heterocycles. The second-order valence-corrected chi connectivity index (χ2v) is 9.91. The molecule has 4 nitrogen and oxygen atoms in total. The molecule has 2 aromatic heterocycles. The summed E-state index contributed by atoms with van der Waals surface area (Å²) in [7, 11) is 1.61. The van der Waals surface area contributed by atoms with E-state index in [9.17, 15) is 5.11 Å². The monoisotopic (exact) mass is 466 g/mol. The Morgan fingerprint density at radius 3 is 2.82 bits per heavy atom. The molecule has 1 atom stereocenters. The summed E-state index contributed by atoms with van der Waals surface area (Å²) in [5.41, 5.74) is 2.08. The van der Waals surface area contributed by atoms with Crippen LogP contribution in [0.15, 0.2) is 41.9 Å². The number of ether oxygens (including phenoxy) is 1. The molecule has 4 rings (SSSR count). The highest BCUT2D eigenvalue weighted by Gasteiger charge is 2.34. The van der Waals surface area contributed by atoms with Gasteiger partial charge in [-0.05, 0) is 91.9 Å². The largest absolute Gasteiger partial charge is 0.497 e.